The van der Waals surface area contributed by atoms with Gasteiger partial charge in [0.2, 0.25) is 0 Å². The van der Waals surface area contributed by atoms with Gasteiger partial charge < -0.3 is 10.1 Å². The van der Waals surface area contributed by atoms with Crippen molar-refractivity contribution in [2.75, 3.05) is 5.32 Å². The maximum Gasteiger partial charge on any atom is 0.256 e. The smallest absolute Gasteiger partial charge is 0.256 e. The Morgan fingerprint density at radius 1 is 1.00 bits per heavy atom. The number of nitro groups is 1. The van der Waals surface area contributed by atoms with E-state index in [9.17, 15) is 14.9 Å². The molecule has 1 amide bonds. The Kier molecular flexibility index (Phi) is 4.90. The summed E-state index contributed by atoms with van der Waals surface area (Å²) in [5.74, 6) is -0.171. The van der Waals surface area contributed by atoms with E-state index in [4.69, 9.17) is 4.74 Å². The van der Waals surface area contributed by atoms with Crippen molar-refractivity contribution in [3.05, 3.63) is 106 Å². The predicted molar refractivity (Wildman–Crippen MR) is 120 cm³/mol. The lowest BCUT2D eigenvalue weighted by Gasteiger charge is -2.25. The molecule has 3 aromatic carbocycles. The predicted octanol–water partition coefficient (Wildman–Crippen LogP) is 3.83. The van der Waals surface area contributed by atoms with E-state index in [0.29, 0.717) is 23.6 Å². The number of anilines is 1. The van der Waals surface area contributed by atoms with Crippen molar-refractivity contribution >= 4 is 11.6 Å². The summed E-state index contributed by atoms with van der Waals surface area (Å²) in [7, 11) is 0. The van der Waals surface area contributed by atoms with Gasteiger partial charge in [-0.15, -0.1) is 0 Å². The van der Waals surface area contributed by atoms with E-state index in [2.05, 4.69) is 10.6 Å². The topological polar surface area (TPSA) is 93.5 Å². The third-order valence-corrected chi connectivity index (χ3v) is 6.48. The number of ether oxygens (including phenoxy) is 1. The van der Waals surface area contributed by atoms with E-state index in [1.807, 2.05) is 67.6 Å². The zero-order chi connectivity index (χ0) is 22.3. The molecule has 1 fully saturated rings. The number of carbonyl (C=O) groups is 1. The van der Waals surface area contributed by atoms with Gasteiger partial charge in [0.05, 0.1) is 5.92 Å². The summed E-state index contributed by atoms with van der Waals surface area (Å²) in [6, 6.07) is 23.0. The molecule has 2 aliphatic heterocycles. The van der Waals surface area contributed by atoms with Gasteiger partial charge in [0.1, 0.15) is 12.4 Å². The van der Waals surface area contributed by atoms with Crippen LogP contribution in [-0.4, -0.2) is 22.9 Å². The summed E-state index contributed by atoms with van der Waals surface area (Å²) < 4.78 is 5.85. The summed E-state index contributed by atoms with van der Waals surface area (Å²) in [6.07, 6.45) is 0. The summed E-state index contributed by atoms with van der Waals surface area (Å²) in [4.78, 5) is 25.1. The number of rotatable bonds is 5. The van der Waals surface area contributed by atoms with Crippen LogP contribution in [0.5, 0.6) is 5.75 Å². The first-order valence-corrected chi connectivity index (χ1v) is 10.6. The van der Waals surface area contributed by atoms with E-state index in [1.54, 1.807) is 18.2 Å². The van der Waals surface area contributed by atoms with Gasteiger partial charge >= 0.3 is 0 Å². The fourth-order valence-electron chi connectivity index (χ4n) is 5.08. The van der Waals surface area contributed by atoms with Crippen LogP contribution >= 0.6 is 0 Å². The van der Waals surface area contributed by atoms with E-state index in [1.165, 1.54) is 0 Å². The monoisotopic (exact) mass is 429 g/mol. The first-order valence-electron chi connectivity index (χ1n) is 10.6. The minimum atomic E-state index is -1.40. The highest BCUT2D eigenvalue weighted by atomic mass is 16.6. The SMILES string of the molecule is C[C@@H]1N[C@]2(C(=O)Nc3ccccc32)[C@@H]([N+](=O)[O-])[C@@H]1c1ccc(OCc2ccccc2)cc1. The Hall–Kier alpha value is -3.71. The van der Waals surface area contributed by atoms with Gasteiger partial charge in [-0.05, 0) is 36.2 Å². The molecule has 2 N–H and O–H groups in total. The van der Waals surface area contributed by atoms with Crippen LogP contribution in [-0.2, 0) is 16.9 Å². The van der Waals surface area contributed by atoms with Crippen LogP contribution in [0.25, 0.3) is 0 Å². The molecule has 3 aromatic rings. The third-order valence-electron chi connectivity index (χ3n) is 6.48. The second-order valence-electron chi connectivity index (χ2n) is 8.34. The molecule has 1 saturated heterocycles. The maximum atomic E-state index is 13.1. The van der Waals surface area contributed by atoms with E-state index >= 15 is 0 Å². The summed E-state index contributed by atoms with van der Waals surface area (Å²) in [6.45, 7) is 2.34. The number of amides is 1. The number of fused-ring (bicyclic) bond motifs is 2. The maximum absolute atomic E-state index is 13.1. The van der Waals surface area contributed by atoms with Crippen LogP contribution in [0.15, 0.2) is 78.9 Å². The number of para-hydroxylation sites is 1. The molecule has 0 radical (unpaired) electrons. The average Bonchev–Trinajstić information content (AvgIpc) is 3.27. The minimum absolute atomic E-state index is 0.279. The van der Waals surface area contributed by atoms with Gasteiger partial charge in [-0.2, -0.15) is 0 Å². The number of benzene rings is 3. The Bertz CT molecular complexity index is 1170. The van der Waals surface area contributed by atoms with Gasteiger partial charge in [0.15, 0.2) is 5.54 Å². The first-order chi connectivity index (χ1) is 15.5. The Balaban J connectivity index is 1.45. The summed E-state index contributed by atoms with van der Waals surface area (Å²) in [5.41, 5.74) is 1.71. The lowest BCUT2D eigenvalue weighted by molar-refractivity contribution is -0.532. The summed E-state index contributed by atoms with van der Waals surface area (Å²) in [5, 5.41) is 18.4. The fraction of sp³-hybridized carbons (Fsp3) is 0.240. The highest BCUT2D eigenvalue weighted by Crippen LogP contribution is 2.49. The molecule has 1 spiro atoms. The van der Waals surface area contributed by atoms with Crippen molar-refractivity contribution in [2.24, 2.45) is 0 Å². The number of nitrogens with one attached hydrogen (secondary N) is 2. The molecule has 5 rings (SSSR count). The van der Waals surface area contributed by atoms with Crippen LogP contribution < -0.4 is 15.4 Å². The van der Waals surface area contributed by atoms with Crippen molar-refractivity contribution in [3.63, 3.8) is 0 Å². The highest BCUT2D eigenvalue weighted by Gasteiger charge is 2.67. The molecule has 0 bridgehead atoms. The molecule has 0 saturated carbocycles. The van der Waals surface area contributed by atoms with Gasteiger partial charge in [-0.25, -0.2) is 0 Å². The third kappa shape index (κ3) is 3.13. The lowest BCUT2D eigenvalue weighted by atomic mass is 9.78. The number of hydrogen-bond donors (Lipinski definition) is 2. The molecule has 162 valence electrons. The Labute approximate surface area is 185 Å². The van der Waals surface area contributed by atoms with E-state index in [-0.39, 0.29) is 16.9 Å². The van der Waals surface area contributed by atoms with Gasteiger partial charge in [-0.3, -0.25) is 20.2 Å². The highest BCUT2D eigenvalue weighted by molar-refractivity contribution is 6.07. The zero-order valence-electron chi connectivity index (χ0n) is 17.5. The van der Waals surface area contributed by atoms with E-state index < -0.39 is 17.5 Å². The molecule has 0 unspecified atom stereocenters. The zero-order valence-corrected chi connectivity index (χ0v) is 17.5. The van der Waals surface area contributed by atoms with Crippen LogP contribution in [0, 0.1) is 10.1 Å². The van der Waals surface area contributed by atoms with Gasteiger partial charge in [-0.1, -0.05) is 60.7 Å². The normalized spacial score (nSPS) is 26.0. The second-order valence-corrected chi connectivity index (χ2v) is 8.34. The van der Waals surface area contributed by atoms with Gasteiger partial charge in [0.25, 0.3) is 11.9 Å². The fourth-order valence-corrected chi connectivity index (χ4v) is 5.08. The standard InChI is InChI=1S/C25H23N3O4/c1-16-22(18-11-13-19(14-12-18)32-15-17-7-3-2-4-8-17)23(28(30)31)25(27-16)20-9-5-6-10-21(20)26-24(25)29/h2-14,16,22-23,27H,15H2,1H3,(H,26,29)/t16-,22-,23-,25-/m0/s1. The molecule has 2 aliphatic rings. The molecule has 0 aliphatic carbocycles. The van der Waals surface area contributed by atoms with Crippen molar-refractivity contribution < 1.29 is 14.5 Å². The molecular weight excluding hydrogens is 406 g/mol. The Morgan fingerprint density at radius 2 is 1.69 bits per heavy atom. The lowest BCUT2D eigenvalue weighted by Crippen LogP contribution is -2.54. The largest absolute Gasteiger partial charge is 0.489 e. The number of hydrogen-bond acceptors (Lipinski definition) is 5. The molecule has 2 heterocycles. The number of carbonyl (C=O) groups excluding carboxylic acids is 1. The minimum Gasteiger partial charge on any atom is -0.489 e. The van der Waals surface area contributed by atoms with Crippen LogP contribution in [0.1, 0.15) is 29.5 Å². The van der Waals surface area contributed by atoms with Crippen molar-refractivity contribution in [1.29, 1.82) is 0 Å². The molecule has 32 heavy (non-hydrogen) atoms. The van der Waals surface area contributed by atoms with Crippen molar-refractivity contribution in [3.8, 4) is 5.75 Å². The van der Waals surface area contributed by atoms with Crippen molar-refractivity contribution in [2.45, 2.75) is 37.1 Å². The quantitative estimate of drug-likeness (QED) is 0.475. The molecule has 7 nitrogen and oxygen atoms in total. The molecular formula is C25H23N3O4. The Morgan fingerprint density at radius 3 is 2.41 bits per heavy atom. The molecule has 0 aromatic heterocycles. The van der Waals surface area contributed by atoms with Crippen molar-refractivity contribution in [1.82, 2.24) is 5.32 Å². The van der Waals surface area contributed by atoms with Crippen LogP contribution in [0.2, 0.25) is 0 Å². The molecule has 7 heteroatoms. The molecule has 4 atom stereocenters. The van der Waals surface area contributed by atoms with E-state index in [0.717, 1.165) is 11.1 Å². The average molecular weight is 429 g/mol. The van der Waals surface area contributed by atoms with Gasteiger partial charge in [0, 0.05) is 22.2 Å². The second kappa shape index (κ2) is 7.76. The summed E-state index contributed by atoms with van der Waals surface area (Å²) >= 11 is 0. The number of nitrogens with zero attached hydrogens (tertiary/aromatic N) is 1. The van der Waals surface area contributed by atoms with Crippen LogP contribution in [0.3, 0.4) is 0 Å². The van der Waals surface area contributed by atoms with Crippen LogP contribution in [0.4, 0.5) is 5.69 Å². The first kappa shape index (κ1) is 20.2.